The summed E-state index contributed by atoms with van der Waals surface area (Å²) in [7, 11) is 1.52. The minimum Gasteiger partial charge on any atom is -0.497 e. The number of nitrogens with zero attached hydrogens (tertiary/aromatic N) is 2. The average molecular weight is 455 g/mol. The molecule has 0 amide bonds. The number of fused-ring (bicyclic) bond motifs is 1. The number of carbonyl (C=O) groups is 1. The van der Waals surface area contributed by atoms with Gasteiger partial charge in [0, 0.05) is 15.5 Å². The zero-order valence-electron chi connectivity index (χ0n) is 17.1. The van der Waals surface area contributed by atoms with E-state index >= 15 is 0 Å². The molecule has 0 spiro atoms. The first kappa shape index (κ1) is 21.1. The highest BCUT2D eigenvalue weighted by Gasteiger charge is 2.21. The summed E-state index contributed by atoms with van der Waals surface area (Å²) in [4.78, 5) is 41.2. The molecule has 0 fully saturated rings. The number of rotatable bonds is 5. The summed E-state index contributed by atoms with van der Waals surface area (Å²) in [5, 5.41) is 0.835. The van der Waals surface area contributed by atoms with Crippen molar-refractivity contribution >= 4 is 38.9 Å². The van der Waals surface area contributed by atoms with Crippen LogP contribution in [0.25, 0.3) is 15.9 Å². The van der Waals surface area contributed by atoms with Gasteiger partial charge in [-0.25, -0.2) is 9.36 Å². The third-order valence-corrected chi connectivity index (χ3v) is 6.68. The highest BCUT2D eigenvalue weighted by Crippen LogP contribution is 2.27. The van der Waals surface area contributed by atoms with Gasteiger partial charge in [0.15, 0.2) is 5.78 Å². The van der Waals surface area contributed by atoms with Crippen molar-refractivity contribution in [2.24, 2.45) is 0 Å². The summed E-state index contributed by atoms with van der Waals surface area (Å²) in [6.07, 6.45) is 0. The minimum absolute atomic E-state index is 0.206. The molecular weight excluding hydrogens is 436 g/mol. The molecule has 4 rings (SSSR count). The van der Waals surface area contributed by atoms with Gasteiger partial charge in [-0.3, -0.25) is 14.2 Å². The van der Waals surface area contributed by atoms with E-state index in [1.165, 1.54) is 23.0 Å². The van der Waals surface area contributed by atoms with Crippen molar-refractivity contribution in [2.45, 2.75) is 20.4 Å². The van der Waals surface area contributed by atoms with Crippen molar-refractivity contribution in [3.63, 3.8) is 0 Å². The fraction of sp³-hybridized carbons (Fsp3) is 0.174. The molecule has 2 heterocycles. The van der Waals surface area contributed by atoms with Crippen molar-refractivity contribution in [3.8, 4) is 11.4 Å². The molecule has 6 nitrogen and oxygen atoms in total. The maximum Gasteiger partial charge on any atom is 0.337 e. The monoisotopic (exact) mass is 454 g/mol. The Balaban J connectivity index is 1.96. The maximum atomic E-state index is 13.4. The Morgan fingerprint density at radius 1 is 1.10 bits per heavy atom. The van der Waals surface area contributed by atoms with Crippen molar-refractivity contribution in [1.29, 1.82) is 0 Å². The first-order chi connectivity index (χ1) is 14.8. The second-order valence-electron chi connectivity index (χ2n) is 7.11. The molecule has 0 aliphatic carbocycles. The van der Waals surface area contributed by atoms with E-state index in [4.69, 9.17) is 16.3 Å². The number of ketones is 1. The number of halogens is 1. The van der Waals surface area contributed by atoms with Crippen LogP contribution in [0.1, 0.15) is 20.8 Å². The van der Waals surface area contributed by atoms with Crippen LogP contribution in [0.4, 0.5) is 0 Å². The van der Waals surface area contributed by atoms with Gasteiger partial charge in [0.25, 0.3) is 5.56 Å². The molecule has 0 radical (unpaired) electrons. The maximum absolute atomic E-state index is 13.4. The molecule has 0 atom stereocenters. The fourth-order valence-electron chi connectivity index (χ4n) is 3.47. The molecule has 4 aromatic rings. The summed E-state index contributed by atoms with van der Waals surface area (Å²) in [6, 6.07) is 13.3. The molecule has 2 aromatic heterocycles. The van der Waals surface area contributed by atoms with Crippen LogP contribution in [0, 0.1) is 13.8 Å². The molecule has 8 heteroatoms. The standard InChI is InChI=1S/C23H19ClN2O4S/c1-13-14(2)31-22-20(13)21(28)26(17-8-5-7-16(24)11-17)23(29)25(22)12-19(27)15-6-4-9-18(10-15)30-3/h4-11H,12H2,1-3H3. The van der Waals surface area contributed by atoms with Crippen LogP contribution < -0.4 is 16.0 Å². The van der Waals surface area contributed by atoms with Gasteiger partial charge < -0.3 is 4.74 Å². The summed E-state index contributed by atoms with van der Waals surface area (Å²) in [5.41, 5.74) is 0.565. The Bertz CT molecular complexity index is 1450. The minimum atomic E-state index is -0.586. The van der Waals surface area contributed by atoms with E-state index in [2.05, 4.69) is 0 Å². The van der Waals surface area contributed by atoms with Crippen molar-refractivity contribution in [2.75, 3.05) is 7.11 Å². The average Bonchev–Trinajstić information content (AvgIpc) is 3.05. The third kappa shape index (κ3) is 3.71. The van der Waals surface area contributed by atoms with E-state index in [1.807, 2.05) is 13.8 Å². The van der Waals surface area contributed by atoms with E-state index in [0.717, 1.165) is 15.0 Å². The topological polar surface area (TPSA) is 70.3 Å². The second-order valence-corrected chi connectivity index (χ2v) is 8.75. The van der Waals surface area contributed by atoms with Crippen LogP contribution >= 0.6 is 22.9 Å². The number of benzene rings is 2. The number of hydrogen-bond donors (Lipinski definition) is 0. The van der Waals surface area contributed by atoms with Crippen LogP contribution in [0.2, 0.25) is 5.02 Å². The lowest BCUT2D eigenvalue weighted by Gasteiger charge is -2.12. The Labute approximate surface area is 186 Å². The van der Waals surface area contributed by atoms with Gasteiger partial charge in [0.1, 0.15) is 10.6 Å². The molecule has 0 N–H and O–H groups in total. The van der Waals surface area contributed by atoms with Gasteiger partial charge in [-0.05, 0) is 49.7 Å². The van der Waals surface area contributed by atoms with Crippen LogP contribution in [-0.2, 0) is 6.54 Å². The van der Waals surface area contributed by atoms with E-state index in [-0.39, 0.29) is 12.3 Å². The van der Waals surface area contributed by atoms with Crippen molar-refractivity contribution in [3.05, 3.63) is 90.4 Å². The molecule has 2 aromatic carbocycles. The van der Waals surface area contributed by atoms with Gasteiger partial charge in [-0.2, -0.15) is 0 Å². The predicted octanol–water partition coefficient (Wildman–Crippen LogP) is 4.38. The highest BCUT2D eigenvalue weighted by molar-refractivity contribution is 7.18. The summed E-state index contributed by atoms with van der Waals surface area (Å²) in [6.45, 7) is 3.53. The largest absolute Gasteiger partial charge is 0.497 e. The summed E-state index contributed by atoms with van der Waals surface area (Å²) < 4.78 is 7.64. The lowest BCUT2D eigenvalue weighted by atomic mass is 10.1. The fourth-order valence-corrected chi connectivity index (χ4v) is 4.80. The number of Topliss-reactive ketones (excluding diaryl/α,β-unsaturated/α-hetero) is 1. The zero-order chi connectivity index (χ0) is 22.3. The molecule has 0 aliphatic rings. The van der Waals surface area contributed by atoms with Crippen LogP contribution in [0.5, 0.6) is 5.75 Å². The van der Waals surface area contributed by atoms with Gasteiger partial charge in [-0.15, -0.1) is 11.3 Å². The molecular formula is C23H19ClN2O4S. The number of carbonyl (C=O) groups excluding carboxylic acids is 1. The Kier molecular flexibility index (Phi) is 5.56. The van der Waals surface area contributed by atoms with E-state index in [0.29, 0.717) is 32.2 Å². The van der Waals surface area contributed by atoms with Gasteiger partial charge in [-0.1, -0.05) is 29.8 Å². The Morgan fingerprint density at radius 3 is 2.55 bits per heavy atom. The molecule has 0 bridgehead atoms. The Hall–Kier alpha value is -3.16. The first-order valence-corrected chi connectivity index (χ1v) is 10.7. The van der Waals surface area contributed by atoms with Gasteiger partial charge in [0.05, 0.1) is 24.7 Å². The number of aryl methyl sites for hydroxylation is 2. The number of methoxy groups -OCH3 is 1. The Morgan fingerprint density at radius 2 is 1.84 bits per heavy atom. The lowest BCUT2D eigenvalue weighted by Crippen LogP contribution is -2.39. The molecule has 0 unspecified atom stereocenters. The molecule has 31 heavy (non-hydrogen) atoms. The highest BCUT2D eigenvalue weighted by atomic mass is 35.5. The first-order valence-electron chi connectivity index (χ1n) is 9.50. The molecule has 0 aliphatic heterocycles. The quantitative estimate of drug-likeness (QED) is 0.420. The summed E-state index contributed by atoms with van der Waals surface area (Å²) in [5.74, 6) is 0.289. The SMILES string of the molecule is COc1cccc(C(=O)Cn2c(=O)n(-c3cccc(Cl)c3)c(=O)c3c(C)c(C)sc32)c1. The molecule has 0 saturated heterocycles. The smallest absolute Gasteiger partial charge is 0.337 e. The van der Waals surface area contributed by atoms with E-state index in [9.17, 15) is 14.4 Å². The third-order valence-electron chi connectivity index (χ3n) is 5.21. The van der Waals surface area contributed by atoms with Crippen molar-refractivity contribution < 1.29 is 9.53 Å². The van der Waals surface area contributed by atoms with Crippen LogP contribution in [0.3, 0.4) is 0 Å². The van der Waals surface area contributed by atoms with Gasteiger partial charge >= 0.3 is 5.69 Å². The van der Waals surface area contributed by atoms with Crippen molar-refractivity contribution in [1.82, 2.24) is 9.13 Å². The lowest BCUT2D eigenvalue weighted by molar-refractivity contribution is 0.0971. The normalized spacial score (nSPS) is 11.1. The van der Waals surface area contributed by atoms with Gasteiger partial charge in [0.2, 0.25) is 0 Å². The molecule has 158 valence electrons. The van der Waals surface area contributed by atoms with Crippen LogP contribution in [-0.4, -0.2) is 22.0 Å². The summed E-state index contributed by atoms with van der Waals surface area (Å²) >= 11 is 7.43. The second kappa shape index (κ2) is 8.17. The number of aromatic nitrogens is 2. The van der Waals surface area contributed by atoms with E-state index < -0.39 is 11.2 Å². The van der Waals surface area contributed by atoms with Crippen LogP contribution in [0.15, 0.2) is 58.1 Å². The molecule has 0 saturated carbocycles. The number of hydrogen-bond acceptors (Lipinski definition) is 5. The van der Waals surface area contributed by atoms with E-state index in [1.54, 1.807) is 48.5 Å². The predicted molar refractivity (Wildman–Crippen MR) is 123 cm³/mol. The number of ether oxygens (including phenoxy) is 1. The zero-order valence-corrected chi connectivity index (χ0v) is 18.7. The number of thiophene rings is 1.